The standard InChI is InChI=1S/C15H12O3/c1-8-4-3-5-11-12-7-6-10(9(2)16)13(17)15(12)18-14(8)11/h3-7,17H,1-2H3. The largest absolute Gasteiger partial charge is 0.504 e. The molecule has 90 valence electrons. The average molecular weight is 240 g/mol. The second kappa shape index (κ2) is 3.60. The van der Waals surface area contributed by atoms with E-state index in [4.69, 9.17) is 4.42 Å². The van der Waals surface area contributed by atoms with Crippen LogP contribution in [0.15, 0.2) is 34.7 Å². The Kier molecular flexibility index (Phi) is 2.17. The Bertz CT molecular complexity index is 781. The van der Waals surface area contributed by atoms with Crippen LogP contribution >= 0.6 is 0 Å². The van der Waals surface area contributed by atoms with Gasteiger partial charge >= 0.3 is 0 Å². The van der Waals surface area contributed by atoms with Gasteiger partial charge < -0.3 is 9.52 Å². The van der Waals surface area contributed by atoms with Crippen LogP contribution in [-0.4, -0.2) is 10.9 Å². The third-order valence-electron chi connectivity index (χ3n) is 3.22. The second-order valence-electron chi connectivity index (χ2n) is 4.45. The molecule has 0 amide bonds. The van der Waals surface area contributed by atoms with E-state index in [1.807, 2.05) is 31.2 Å². The second-order valence-corrected chi connectivity index (χ2v) is 4.45. The summed E-state index contributed by atoms with van der Waals surface area (Å²) in [6, 6.07) is 9.30. The van der Waals surface area contributed by atoms with Gasteiger partial charge in [0.05, 0.1) is 5.56 Å². The number of carbonyl (C=O) groups is 1. The minimum atomic E-state index is -0.174. The van der Waals surface area contributed by atoms with E-state index >= 15 is 0 Å². The van der Waals surface area contributed by atoms with Crippen molar-refractivity contribution >= 4 is 27.7 Å². The molecule has 3 heteroatoms. The molecule has 0 radical (unpaired) electrons. The molecule has 0 aliphatic carbocycles. The third kappa shape index (κ3) is 1.34. The van der Waals surface area contributed by atoms with Crippen molar-refractivity contribution in [2.45, 2.75) is 13.8 Å². The normalized spacial score (nSPS) is 11.2. The fourth-order valence-corrected chi connectivity index (χ4v) is 2.27. The van der Waals surface area contributed by atoms with Gasteiger partial charge in [-0.15, -0.1) is 0 Å². The molecule has 0 bridgehead atoms. The number of ketones is 1. The predicted octanol–water partition coefficient (Wildman–Crippen LogP) is 3.80. The zero-order chi connectivity index (χ0) is 12.9. The fraction of sp³-hybridized carbons (Fsp3) is 0.133. The number of hydrogen-bond acceptors (Lipinski definition) is 3. The molecular formula is C15H12O3. The van der Waals surface area contributed by atoms with E-state index in [2.05, 4.69) is 0 Å². The minimum absolute atomic E-state index is 0.0735. The van der Waals surface area contributed by atoms with E-state index in [9.17, 15) is 9.90 Å². The van der Waals surface area contributed by atoms with Crippen LogP contribution in [0.3, 0.4) is 0 Å². The number of para-hydroxylation sites is 1. The van der Waals surface area contributed by atoms with Crippen molar-refractivity contribution in [3.8, 4) is 5.75 Å². The maximum atomic E-state index is 11.4. The van der Waals surface area contributed by atoms with Crippen LogP contribution in [0.25, 0.3) is 21.9 Å². The van der Waals surface area contributed by atoms with Gasteiger partial charge in [-0.1, -0.05) is 18.2 Å². The first kappa shape index (κ1) is 10.8. The lowest BCUT2D eigenvalue weighted by Gasteiger charge is -1.99. The molecular weight excluding hydrogens is 228 g/mol. The highest BCUT2D eigenvalue weighted by Crippen LogP contribution is 2.37. The smallest absolute Gasteiger partial charge is 0.177 e. The van der Waals surface area contributed by atoms with Crippen molar-refractivity contribution in [3.05, 3.63) is 41.5 Å². The van der Waals surface area contributed by atoms with Crippen molar-refractivity contribution in [2.75, 3.05) is 0 Å². The molecule has 0 spiro atoms. The molecule has 3 rings (SSSR count). The lowest BCUT2D eigenvalue weighted by atomic mass is 10.1. The number of phenols is 1. The molecule has 1 N–H and O–H groups in total. The summed E-state index contributed by atoms with van der Waals surface area (Å²) in [5, 5.41) is 11.9. The first-order valence-electron chi connectivity index (χ1n) is 5.74. The van der Waals surface area contributed by atoms with Crippen molar-refractivity contribution in [1.82, 2.24) is 0 Å². The lowest BCUT2D eigenvalue weighted by Crippen LogP contribution is -1.91. The molecule has 0 aliphatic heterocycles. The van der Waals surface area contributed by atoms with Crippen molar-refractivity contribution in [3.63, 3.8) is 0 Å². The molecule has 3 aromatic rings. The van der Waals surface area contributed by atoms with Gasteiger partial charge in [0.25, 0.3) is 0 Å². The summed E-state index contributed by atoms with van der Waals surface area (Å²) in [4.78, 5) is 11.4. The van der Waals surface area contributed by atoms with E-state index in [1.54, 1.807) is 6.07 Å². The molecule has 0 saturated carbocycles. The quantitative estimate of drug-likeness (QED) is 0.658. The van der Waals surface area contributed by atoms with E-state index in [-0.39, 0.29) is 11.5 Å². The summed E-state index contributed by atoms with van der Waals surface area (Å²) in [7, 11) is 0. The van der Waals surface area contributed by atoms with E-state index in [0.717, 1.165) is 21.9 Å². The Morgan fingerprint density at radius 2 is 1.83 bits per heavy atom. The van der Waals surface area contributed by atoms with Crippen LogP contribution < -0.4 is 0 Å². The van der Waals surface area contributed by atoms with Gasteiger partial charge in [0.15, 0.2) is 17.1 Å². The minimum Gasteiger partial charge on any atom is -0.504 e. The first-order chi connectivity index (χ1) is 8.59. The van der Waals surface area contributed by atoms with Crippen molar-refractivity contribution < 1.29 is 14.3 Å². The molecule has 0 atom stereocenters. The van der Waals surface area contributed by atoms with Crippen LogP contribution in [0.5, 0.6) is 5.75 Å². The molecule has 2 aromatic carbocycles. The Labute approximate surface area is 104 Å². The van der Waals surface area contributed by atoms with Crippen molar-refractivity contribution in [2.24, 2.45) is 0 Å². The monoisotopic (exact) mass is 240 g/mol. The molecule has 1 aromatic heterocycles. The Morgan fingerprint density at radius 3 is 2.56 bits per heavy atom. The van der Waals surface area contributed by atoms with Gasteiger partial charge in [-0.3, -0.25) is 4.79 Å². The number of phenolic OH excluding ortho intramolecular Hbond substituents is 1. The van der Waals surface area contributed by atoms with Crippen molar-refractivity contribution in [1.29, 1.82) is 0 Å². The molecule has 1 heterocycles. The number of fused-ring (bicyclic) bond motifs is 3. The molecule has 18 heavy (non-hydrogen) atoms. The van der Waals surface area contributed by atoms with Crippen LogP contribution in [0.4, 0.5) is 0 Å². The first-order valence-corrected chi connectivity index (χ1v) is 5.74. The van der Waals surface area contributed by atoms with Crippen LogP contribution in [-0.2, 0) is 0 Å². The Hall–Kier alpha value is -2.29. The third-order valence-corrected chi connectivity index (χ3v) is 3.22. The zero-order valence-electron chi connectivity index (χ0n) is 10.2. The molecule has 0 unspecified atom stereocenters. The highest BCUT2D eigenvalue weighted by molar-refractivity contribution is 6.11. The zero-order valence-corrected chi connectivity index (χ0v) is 10.2. The molecule has 3 nitrogen and oxygen atoms in total. The summed E-state index contributed by atoms with van der Waals surface area (Å²) in [5.41, 5.74) is 2.43. The van der Waals surface area contributed by atoms with Gasteiger partial charge in [-0.05, 0) is 31.5 Å². The SMILES string of the molecule is CC(=O)c1ccc2c(oc3c(C)cccc32)c1O. The number of benzene rings is 2. The number of hydrogen-bond donors (Lipinski definition) is 1. The van der Waals surface area contributed by atoms with Gasteiger partial charge in [-0.25, -0.2) is 0 Å². The number of carbonyl (C=O) groups excluding carboxylic acids is 1. The van der Waals surface area contributed by atoms with Gasteiger partial charge in [0.2, 0.25) is 0 Å². The van der Waals surface area contributed by atoms with Gasteiger partial charge in [0.1, 0.15) is 5.58 Å². The topological polar surface area (TPSA) is 50.4 Å². The maximum Gasteiger partial charge on any atom is 0.177 e. The van der Waals surface area contributed by atoms with Gasteiger partial charge in [0, 0.05) is 10.8 Å². The van der Waals surface area contributed by atoms with E-state index in [0.29, 0.717) is 11.1 Å². The Morgan fingerprint density at radius 1 is 1.11 bits per heavy atom. The summed E-state index contributed by atoms with van der Waals surface area (Å²) < 4.78 is 5.70. The molecule has 0 saturated heterocycles. The lowest BCUT2D eigenvalue weighted by molar-refractivity contribution is 0.101. The number of Topliss-reactive ketones (excluding diaryl/α,β-unsaturated/α-hetero) is 1. The highest BCUT2D eigenvalue weighted by Gasteiger charge is 2.16. The molecule has 0 aliphatic rings. The van der Waals surface area contributed by atoms with E-state index < -0.39 is 0 Å². The van der Waals surface area contributed by atoms with Crippen LogP contribution in [0, 0.1) is 6.92 Å². The summed E-state index contributed by atoms with van der Waals surface area (Å²) in [6.07, 6.45) is 0. The number of aryl methyl sites for hydroxylation is 1. The average Bonchev–Trinajstić information content (AvgIpc) is 2.70. The Balaban J connectivity index is 2.50. The van der Waals surface area contributed by atoms with Crippen LogP contribution in [0.2, 0.25) is 0 Å². The summed E-state index contributed by atoms with van der Waals surface area (Å²) >= 11 is 0. The number of furan rings is 1. The van der Waals surface area contributed by atoms with Gasteiger partial charge in [-0.2, -0.15) is 0 Å². The van der Waals surface area contributed by atoms with Crippen LogP contribution in [0.1, 0.15) is 22.8 Å². The summed E-state index contributed by atoms with van der Waals surface area (Å²) in [6.45, 7) is 3.38. The number of aromatic hydroxyl groups is 1. The fourth-order valence-electron chi connectivity index (χ4n) is 2.27. The van der Waals surface area contributed by atoms with E-state index in [1.165, 1.54) is 6.92 Å². The maximum absolute atomic E-state index is 11.4. The highest BCUT2D eigenvalue weighted by atomic mass is 16.4. The predicted molar refractivity (Wildman–Crippen MR) is 70.1 cm³/mol. The summed E-state index contributed by atoms with van der Waals surface area (Å²) in [5.74, 6) is -0.248. The number of rotatable bonds is 1. The molecule has 0 fully saturated rings.